The molecule has 27 heavy (non-hydrogen) atoms. The quantitative estimate of drug-likeness (QED) is 0.509. The predicted octanol–water partition coefficient (Wildman–Crippen LogP) is 4.88. The summed E-state index contributed by atoms with van der Waals surface area (Å²) in [5.41, 5.74) is 1.92. The summed E-state index contributed by atoms with van der Waals surface area (Å²) >= 11 is 3.19. The van der Waals surface area contributed by atoms with Gasteiger partial charge in [-0.1, -0.05) is 34.1 Å². The minimum absolute atomic E-state index is 0.110. The second-order valence-electron chi connectivity index (χ2n) is 6.00. The highest BCUT2D eigenvalue weighted by Gasteiger charge is 2.17. The molecule has 0 aliphatic heterocycles. The van der Waals surface area contributed by atoms with E-state index in [1.54, 1.807) is 17.7 Å². The molecule has 0 unspecified atom stereocenters. The number of para-hydroxylation sites is 1. The summed E-state index contributed by atoms with van der Waals surface area (Å²) in [6.07, 6.45) is 1.46. The number of benzene rings is 2. The summed E-state index contributed by atoms with van der Waals surface area (Å²) in [7, 11) is 0. The van der Waals surface area contributed by atoms with E-state index >= 15 is 0 Å². The highest BCUT2D eigenvalue weighted by molar-refractivity contribution is 9.10. The van der Waals surface area contributed by atoms with Gasteiger partial charge >= 0.3 is 0 Å². The molecule has 0 bridgehead atoms. The van der Waals surface area contributed by atoms with E-state index in [1.807, 2.05) is 36.4 Å². The Morgan fingerprint density at radius 3 is 2.78 bits per heavy atom. The number of hydrogen-bond donors (Lipinski definition) is 1. The number of pyridine rings is 1. The van der Waals surface area contributed by atoms with Gasteiger partial charge < -0.3 is 5.32 Å². The zero-order valence-corrected chi connectivity index (χ0v) is 15.9. The average Bonchev–Trinajstić information content (AvgIpc) is 3.05. The molecule has 0 saturated carbocycles. The zero-order valence-electron chi connectivity index (χ0n) is 14.3. The summed E-state index contributed by atoms with van der Waals surface area (Å²) < 4.78 is 16.2. The lowest BCUT2D eigenvalue weighted by Crippen LogP contribution is -2.14. The van der Waals surface area contributed by atoms with E-state index < -0.39 is 11.7 Å². The van der Waals surface area contributed by atoms with Gasteiger partial charge in [-0.05, 0) is 43.3 Å². The van der Waals surface area contributed by atoms with Crippen molar-refractivity contribution in [1.29, 1.82) is 0 Å². The first kappa shape index (κ1) is 17.4. The van der Waals surface area contributed by atoms with Gasteiger partial charge in [-0.2, -0.15) is 5.10 Å². The lowest BCUT2D eigenvalue weighted by atomic mass is 10.2. The molecule has 5 nitrogen and oxygen atoms in total. The molecule has 1 amide bonds. The second-order valence-corrected chi connectivity index (χ2v) is 6.91. The van der Waals surface area contributed by atoms with E-state index in [0.29, 0.717) is 21.5 Å². The highest BCUT2D eigenvalue weighted by Crippen LogP contribution is 2.21. The third-order valence-corrected chi connectivity index (χ3v) is 4.73. The van der Waals surface area contributed by atoms with E-state index in [0.717, 1.165) is 10.9 Å². The summed E-state index contributed by atoms with van der Waals surface area (Å²) in [5, 5.41) is 7.89. The van der Waals surface area contributed by atoms with Gasteiger partial charge in [-0.3, -0.25) is 4.79 Å². The molecular weight excluding hydrogens is 411 g/mol. The van der Waals surface area contributed by atoms with Crippen LogP contribution in [0, 0.1) is 12.7 Å². The van der Waals surface area contributed by atoms with E-state index in [2.05, 4.69) is 31.3 Å². The number of amides is 1. The minimum Gasteiger partial charge on any atom is -0.319 e. The Morgan fingerprint density at radius 2 is 1.96 bits per heavy atom. The van der Waals surface area contributed by atoms with Crippen molar-refractivity contribution < 1.29 is 9.18 Å². The van der Waals surface area contributed by atoms with Crippen molar-refractivity contribution in [3.05, 3.63) is 82.3 Å². The fraction of sp³-hybridized carbons (Fsp3) is 0.0500. The molecule has 2 heterocycles. The molecule has 134 valence electrons. The van der Waals surface area contributed by atoms with E-state index in [4.69, 9.17) is 0 Å². The molecule has 0 spiro atoms. The Labute approximate surface area is 163 Å². The summed E-state index contributed by atoms with van der Waals surface area (Å²) in [6.45, 7) is 1.77. The van der Waals surface area contributed by atoms with E-state index in [-0.39, 0.29) is 5.69 Å². The maximum Gasteiger partial charge on any atom is 0.259 e. The number of carbonyl (C=O) groups excluding carboxylic acids is 1. The molecule has 0 fully saturated rings. The van der Waals surface area contributed by atoms with Crippen LogP contribution in [0.25, 0.3) is 16.7 Å². The van der Waals surface area contributed by atoms with Crippen molar-refractivity contribution in [3.63, 3.8) is 0 Å². The van der Waals surface area contributed by atoms with Crippen molar-refractivity contribution in [3.8, 4) is 5.82 Å². The van der Waals surface area contributed by atoms with Gasteiger partial charge in [0.1, 0.15) is 5.82 Å². The average molecular weight is 425 g/mol. The monoisotopic (exact) mass is 424 g/mol. The number of hydrogen-bond acceptors (Lipinski definition) is 3. The van der Waals surface area contributed by atoms with Crippen LogP contribution in [-0.4, -0.2) is 20.7 Å². The zero-order chi connectivity index (χ0) is 19.0. The lowest BCUT2D eigenvalue weighted by molar-refractivity contribution is 0.102. The summed E-state index contributed by atoms with van der Waals surface area (Å²) in [4.78, 5) is 17.2. The Bertz CT molecular complexity index is 1170. The van der Waals surface area contributed by atoms with Crippen LogP contribution >= 0.6 is 15.9 Å². The molecule has 0 saturated heterocycles. The first-order chi connectivity index (χ1) is 13.0. The first-order valence-corrected chi connectivity index (χ1v) is 8.99. The van der Waals surface area contributed by atoms with Crippen LogP contribution in [0.15, 0.2) is 65.3 Å². The minimum atomic E-state index is -0.515. The van der Waals surface area contributed by atoms with E-state index in [9.17, 15) is 9.18 Å². The lowest BCUT2D eigenvalue weighted by Gasteiger charge is -2.08. The fourth-order valence-electron chi connectivity index (χ4n) is 2.82. The molecule has 4 rings (SSSR count). The van der Waals surface area contributed by atoms with Crippen LogP contribution in [0.5, 0.6) is 0 Å². The van der Waals surface area contributed by atoms with Gasteiger partial charge in [0.25, 0.3) is 5.91 Å². The van der Waals surface area contributed by atoms with Crippen molar-refractivity contribution in [1.82, 2.24) is 14.8 Å². The van der Waals surface area contributed by atoms with Gasteiger partial charge in [0.2, 0.25) is 0 Å². The van der Waals surface area contributed by atoms with Gasteiger partial charge in [-0.15, -0.1) is 0 Å². The number of aromatic nitrogens is 3. The van der Waals surface area contributed by atoms with Gasteiger partial charge in [0.15, 0.2) is 5.82 Å². The number of halogens is 2. The maximum atomic E-state index is 14.0. The molecule has 0 aliphatic carbocycles. The number of fused-ring (bicyclic) bond motifs is 1. The Kier molecular flexibility index (Phi) is 4.45. The third kappa shape index (κ3) is 3.33. The van der Waals surface area contributed by atoms with Crippen LogP contribution in [0.1, 0.15) is 16.1 Å². The van der Waals surface area contributed by atoms with Crippen molar-refractivity contribution in [2.45, 2.75) is 6.92 Å². The van der Waals surface area contributed by atoms with Gasteiger partial charge in [-0.25, -0.2) is 14.1 Å². The Hall–Kier alpha value is -3.06. The number of anilines is 1. The van der Waals surface area contributed by atoms with Crippen LogP contribution in [-0.2, 0) is 0 Å². The SMILES string of the molecule is Cc1c(C(=O)Nc2ccc(Br)cc2F)cnn1-c1ccc2ccccc2n1. The number of rotatable bonds is 3. The topological polar surface area (TPSA) is 59.8 Å². The van der Waals surface area contributed by atoms with Crippen LogP contribution in [0.4, 0.5) is 10.1 Å². The molecule has 2 aromatic heterocycles. The molecule has 0 aliphatic rings. The molecule has 1 N–H and O–H groups in total. The maximum absolute atomic E-state index is 14.0. The molecular formula is C20H14BrFN4O. The van der Waals surface area contributed by atoms with Crippen molar-refractivity contribution >= 4 is 38.4 Å². The van der Waals surface area contributed by atoms with Crippen LogP contribution in [0.2, 0.25) is 0 Å². The standard InChI is InChI=1S/C20H14BrFN4O/c1-12-15(20(27)25-18-8-7-14(21)10-16(18)22)11-23-26(12)19-9-6-13-4-2-3-5-17(13)24-19/h2-11H,1H3,(H,25,27). The molecule has 4 aromatic rings. The van der Waals surface area contributed by atoms with Crippen LogP contribution < -0.4 is 5.32 Å². The fourth-order valence-corrected chi connectivity index (χ4v) is 3.15. The molecule has 7 heteroatoms. The molecule has 0 atom stereocenters. The predicted molar refractivity (Wildman–Crippen MR) is 106 cm³/mol. The van der Waals surface area contributed by atoms with E-state index in [1.165, 1.54) is 18.3 Å². The van der Waals surface area contributed by atoms with Crippen LogP contribution in [0.3, 0.4) is 0 Å². The normalized spacial score (nSPS) is 10.9. The van der Waals surface area contributed by atoms with Crippen molar-refractivity contribution in [2.75, 3.05) is 5.32 Å². The number of nitrogens with one attached hydrogen (secondary N) is 1. The Balaban J connectivity index is 1.65. The van der Waals surface area contributed by atoms with Crippen molar-refractivity contribution in [2.24, 2.45) is 0 Å². The smallest absolute Gasteiger partial charge is 0.259 e. The third-order valence-electron chi connectivity index (χ3n) is 4.23. The molecule has 2 aromatic carbocycles. The number of carbonyl (C=O) groups is 1. The highest BCUT2D eigenvalue weighted by atomic mass is 79.9. The second kappa shape index (κ2) is 6.92. The summed E-state index contributed by atoms with van der Waals surface area (Å²) in [5.74, 6) is -0.334. The largest absolute Gasteiger partial charge is 0.319 e. The van der Waals surface area contributed by atoms with Gasteiger partial charge in [0.05, 0.1) is 28.7 Å². The first-order valence-electron chi connectivity index (χ1n) is 8.20. The summed E-state index contributed by atoms with van der Waals surface area (Å²) in [6, 6.07) is 16.0. The molecule has 0 radical (unpaired) electrons. The Morgan fingerprint density at radius 1 is 1.15 bits per heavy atom. The van der Waals surface area contributed by atoms with Gasteiger partial charge in [0, 0.05) is 9.86 Å². The number of nitrogens with zero attached hydrogens (tertiary/aromatic N) is 3.